The van der Waals surface area contributed by atoms with E-state index in [2.05, 4.69) is 5.10 Å². The summed E-state index contributed by atoms with van der Waals surface area (Å²) < 4.78 is 66.9. The molecule has 0 radical (unpaired) electrons. The van der Waals surface area contributed by atoms with Gasteiger partial charge in [0.05, 0.1) is 11.6 Å². The first kappa shape index (κ1) is 15.2. The summed E-state index contributed by atoms with van der Waals surface area (Å²) >= 11 is 0. The van der Waals surface area contributed by atoms with Crippen LogP contribution in [0.25, 0.3) is 10.9 Å². The maximum atomic E-state index is 14.7. The smallest absolute Gasteiger partial charge is 0.253 e. The van der Waals surface area contributed by atoms with Crippen LogP contribution in [-0.2, 0) is 6.54 Å². The van der Waals surface area contributed by atoms with Gasteiger partial charge < -0.3 is 0 Å². The summed E-state index contributed by atoms with van der Waals surface area (Å²) in [6, 6.07) is 1.10. The van der Waals surface area contributed by atoms with Crippen LogP contribution < -0.4 is 0 Å². The van der Waals surface area contributed by atoms with Crippen LogP contribution in [0.15, 0.2) is 12.3 Å². The van der Waals surface area contributed by atoms with E-state index in [1.54, 1.807) is 0 Å². The first-order valence-electron chi connectivity index (χ1n) is 7.09. The molecule has 120 valence electrons. The highest BCUT2D eigenvalue weighted by Crippen LogP contribution is 2.53. The molecule has 0 aliphatic heterocycles. The Morgan fingerprint density at radius 2 is 2.00 bits per heavy atom. The molecule has 7 heteroatoms. The number of benzene rings is 1. The molecule has 2 aromatic rings. The van der Waals surface area contributed by atoms with Gasteiger partial charge in [0.15, 0.2) is 5.82 Å². The van der Waals surface area contributed by atoms with Crippen LogP contribution in [0.2, 0.25) is 0 Å². The maximum absolute atomic E-state index is 14.7. The number of nitrogens with zero attached hydrogens (tertiary/aromatic N) is 2. The van der Waals surface area contributed by atoms with E-state index >= 15 is 0 Å². The summed E-state index contributed by atoms with van der Waals surface area (Å²) in [6.07, 6.45) is -2.87. The van der Waals surface area contributed by atoms with Crippen LogP contribution >= 0.6 is 0 Å². The molecule has 2 nitrogen and oxygen atoms in total. The molecule has 0 saturated heterocycles. The number of halogens is 5. The Morgan fingerprint density at radius 3 is 2.55 bits per heavy atom. The molecule has 0 spiro atoms. The van der Waals surface area contributed by atoms with E-state index in [9.17, 15) is 22.0 Å². The Balaban J connectivity index is 2.09. The monoisotopic (exact) mass is 318 g/mol. The van der Waals surface area contributed by atoms with Crippen LogP contribution in [0.1, 0.15) is 31.7 Å². The van der Waals surface area contributed by atoms with Gasteiger partial charge in [0.25, 0.3) is 0 Å². The van der Waals surface area contributed by atoms with Crippen LogP contribution in [0, 0.1) is 23.5 Å². The standard InChI is InChI=1S/C15H15F5N2/c1-7(2)8-3-9(8)10-4-12(16)11-5-21-22(6-15(18,19)20)14(11)13(10)17/h4-5,7-9H,3,6H2,1-2H3/t8-,9+/m1/s1. The van der Waals surface area contributed by atoms with Crippen molar-refractivity contribution in [3.05, 3.63) is 29.5 Å². The maximum Gasteiger partial charge on any atom is 0.408 e. The Kier molecular flexibility index (Phi) is 3.41. The molecule has 0 N–H and O–H groups in total. The topological polar surface area (TPSA) is 17.8 Å². The minimum atomic E-state index is -4.54. The van der Waals surface area contributed by atoms with Crippen molar-refractivity contribution in [2.75, 3.05) is 0 Å². The van der Waals surface area contributed by atoms with Gasteiger partial charge in [0, 0.05) is 0 Å². The van der Waals surface area contributed by atoms with E-state index in [1.807, 2.05) is 13.8 Å². The molecule has 1 fully saturated rings. The van der Waals surface area contributed by atoms with Gasteiger partial charge in [-0.25, -0.2) is 8.78 Å². The summed E-state index contributed by atoms with van der Waals surface area (Å²) in [4.78, 5) is 0. The lowest BCUT2D eigenvalue weighted by atomic mass is 10.0. The predicted octanol–water partition coefficient (Wildman–Crippen LogP) is 4.64. The molecule has 0 amide bonds. The van der Waals surface area contributed by atoms with Crippen molar-refractivity contribution < 1.29 is 22.0 Å². The van der Waals surface area contributed by atoms with Crippen molar-refractivity contribution in [2.24, 2.45) is 11.8 Å². The zero-order chi connectivity index (χ0) is 16.2. The van der Waals surface area contributed by atoms with Gasteiger partial charge >= 0.3 is 6.18 Å². The molecule has 1 saturated carbocycles. The number of aromatic nitrogens is 2. The van der Waals surface area contributed by atoms with Crippen molar-refractivity contribution >= 4 is 10.9 Å². The van der Waals surface area contributed by atoms with E-state index in [4.69, 9.17) is 0 Å². The summed E-state index contributed by atoms with van der Waals surface area (Å²) in [6.45, 7) is 2.55. The summed E-state index contributed by atoms with van der Waals surface area (Å²) in [5.74, 6) is -1.08. The number of alkyl halides is 3. The van der Waals surface area contributed by atoms with Crippen LogP contribution in [-0.4, -0.2) is 16.0 Å². The number of rotatable bonds is 3. The van der Waals surface area contributed by atoms with Crippen molar-refractivity contribution in [3.8, 4) is 0 Å². The number of hydrogen-bond acceptors (Lipinski definition) is 1. The molecule has 3 rings (SSSR count). The van der Waals surface area contributed by atoms with Gasteiger partial charge in [-0.1, -0.05) is 13.8 Å². The normalized spacial score (nSPS) is 21.8. The molecule has 1 aliphatic rings. The Hall–Kier alpha value is -1.66. The average molecular weight is 318 g/mol. The van der Waals surface area contributed by atoms with Crippen molar-refractivity contribution in [2.45, 2.75) is 38.9 Å². The van der Waals surface area contributed by atoms with Crippen LogP contribution in [0.4, 0.5) is 22.0 Å². The molecule has 1 aromatic heterocycles. The molecule has 1 aromatic carbocycles. The Bertz CT molecular complexity index is 717. The molecule has 1 aliphatic carbocycles. The second-order valence-electron chi connectivity index (χ2n) is 6.19. The summed E-state index contributed by atoms with van der Waals surface area (Å²) in [5, 5.41) is 3.28. The lowest BCUT2D eigenvalue weighted by Crippen LogP contribution is -2.19. The SMILES string of the molecule is CC(C)[C@H]1C[C@@H]1c1cc(F)c2cnn(CC(F)(F)F)c2c1F. The lowest BCUT2D eigenvalue weighted by Gasteiger charge is -2.11. The van der Waals surface area contributed by atoms with Gasteiger partial charge in [-0.05, 0) is 35.8 Å². The minimum Gasteiger partial charge on any atom is -0.253 e. The number of fused-ring (bicyclic) bond motifs is 1. The average Bonchev–Trinajstić information content (AvgIpc) is 3.07. The Morgan fingerprint density at radius 1 is 1.32 bits per heavy atom. The fourth-order valence-corrected chi connectivity index (χ4v) is 3.07. The fraction of sp³-hybridized carbons (Fsp3) is 0.533. The quantitative estimate of drug-likeness (QED) is 0.754. The van der Waals surface area contributed by atoms with E-state index in [-0.39, 0.29) is 22.8 Å². The highest BCUT2D eigenvalue weighted by molar-refractivity contribution is 5.81. The summed E-state index contributed by atoms with van der Waals surface area (Å²) in [7, 11) is 0. The zero-order valence-corrected chi connectivity index (χ0v) is 12.1. The lowest BCUT2D eigenvalue weighted by molar-refractivity contribution is -0.141. The first-order chi connectivity index (χ1) is 10.2. The first-order valence-corrected chi connectivity index (χ1v) is 7.09. The molecule has 2 atom stereocenters. The highest BCUT2D eigenvalue weighted by atomic mass is 19.4. The molecule has 0 bridgehead atoms. The molecular formula is C15H15F5N2. The third kappa shape index (κ3) is 2.57. The van der Waals surface area contributed by atoms with Gasteiger partial charge in [-0.15, -0.1) is 0 Å². The van der Waals surface area contributed by atoms with Crippen molar-refractivity contribution in [1.29, 1.82) is 0 Å². The highest BCUT2D eigenvalue weighted by Gasteiger charge is 2.43. The van der Waals surface area contributed by atoms with Crippen molar-refractivity contribution in [3.63, 3.8) is 0 Å². The second-order valence-corrected chi connectivity index (χ2v) is 6.19. The fourth-order valence-electron chi connectivity index (χ4n) is 3.07. The summed E-state index contributed by atoms with van der Waals surface area (Å²) in [5.41, 5.74) is -0.241. The van der Waals surface area contributed by atoms with Gasteiger partial charge in [-0.3, -0.25) is 4.68 Å². The molecule has 0 unspecified atom stereocenters. The third-order valence-corrected chi connectivity index (χ3v) is 4.26. The zero-order valence-electron chi connectivity index (χ0n) is 12.1. The van der Waals surface area contributed by atoms with Crippen LogP contribution in [0.3, 0.4) is 0 Å². The van der Waals surface area contributed by atoms with Gasteiger partial charge in [0.2, 0.25) is 0 Å². The van der Waals surface area contributed by atoms with E-state index < -0.39 is 29.9 Å². The molecular weight excluding hydrogens is 303 g/mol. The van der Waals surface area contributed by atoms with E-state index in [1.165, 1.54) is 0 Å². The minimum absolute atomic E-state index is 0.131. The van der Waals surface area contributed by atoms with E-state index in [0.29, 0.717) is 10.6 Å². The van der Waals surface area contributed by atoms with Crippen LogP contribution in [0.5, 0.6) is 0 Å². The third-order valence-electron chi connectivity index (χ3n) is 4.26. The molecule has 22 heavy (non-hydrogen) atoms. The van der Waals surface area contributed by atoms with Crippen molar-refractivity contribution in [1.82, 2.24) is 9.78 Å². The number of hydrogen-bond donors (Lipinski definition) is 0. The molecule has 1 heterocycles. The van der Waals surface area contributed by atoms with Gasteiger partial charge in [-0.2, -0.15) is 18.3 Å². The largest absolute Gasteiger partial charge is 0.408 e. The van der Waals surface area contributed by atoms with Gasteiger partial charge in [0.1, 0.15) is 17.9 Å². The second kappa shape index (κ2) is 4.93. The van der Waals surface area contributed by atoms with E-state index in [0.717, 1.165) is 18.7 Å². The Labute approximate surface area is 123 Å². The predicted molar refractivity (Wildman–Crippen MR) is 71.4 cm³/mol.